The molecule has 0 aliphatic rings. The molecule has 0 saturated heterocycles. The first-order chi connectivity index (χ1) is 12.0. The van der Waals surface area contributed by atoms with Gasteiger partial charge in [0, 0.05) is 26.7 Å². The summed E-state index contributed by atoms with van der Waals surface area (Å²) in [6, 6.07) is 16.2. The third-order valence-corrected chi connectivity index (χ3v) is 4.90. The molecular formula is C19H10Cl4N2. The van der Waals surface area contributed by atoms with Crippen LogP contribution < -0.4 is 0 Å². The maximum Gasteiger partial charge on any atom is 0.0815 e. The molecule has 0 unspecified atom stereocenters. The van der Waals surface area contributed by atoms with Gasteiger partial charge in [-0.15, -0.1) is 0 Å². The lowest BCUT2D eigenvalue weighted by molar-refractivity contribution is 1.12. The summed E-state index contributed by atoms with van der Waals surface area (Å²) in [4.78, 5) is 4.60. The number of benzene rings is 2. The van der Waals surface area contributed by atoms with Crippen LogP contribution in [0.15, 0.2) is 48.5 Å². The number of hydrogen-bond acceptors (Lipinski definition) is 2. The van der Waals surface area contributed by atoms with Crippen molar-refractivity contribution in [3.05, 3.63) is 74.3 Å². The third-order valence-electron chi connectivity index (χ3n) is 3.64. The van der Waals surface area contributed by atoms with Crippen LogP contribution in [-0.4, -0.2) is 4.98 Å². The van der Waals surface area contributed by atoms with Crippen LogP contribution >= 0.6 is 46.4 Å². The van der Waals surface area contributed by atoms with Crippen LogP contribution in [0.4, 0.5) is 0 Å². The van der Waals surface area contributed by atoms with E-state index in [0.29, 0.717) is 48.2 Å². The zero-order valence-corrected chi connectivity index (χ0v) is 15.8. The fourth-order valence-corrected chi connectivity index (χ4v) is 3.73. The van der Waals surface area contributed by atoms with Gasteiger partial charge in [0.25, 0.3) is 0 Å². The molecule has 2 aromatic carbocycles. The summed E-state index contributed by atoms with van der Waals surface area (Å²) in [6.07, 6.45) is 0.172. The quantitative estimate of drug-likeness (QED) is 0.464. The van der Waals surface area contributed by atoms with Gasteiger partial charge in [0.05, 0.1) is 33.9 Å². The molecule has 0 atom stereocenters. The zero-order chi connectivity index (χ0) is 18.0. The molecule has 0 amide bonds. The maximum atomic E-state index is 8.98. The highest BCUT2D eigenvalue weighted by molar-refractivity contribution is 6.41. The number of aromatic nitrogens is 1. The van der Waals surface area contributed by atoms with Gasteiger partial charge in [-0.05, 0) is 30.3 Å². The highest BCUT2D eigenvalue weighted by atomic mass is 35.5. The van der Waals surface area contributed by atoms with Crippen molar-refractivity contribution >= 4 is 46.4 Å². The van der Waals surface area contributed by atoms with Crippen molar-refractivity contribution in [3.63, 3.8) is 0 Å². The Morgan fingerprint density at radius 2 is 1.28 bits per heavy atom. The minimum absolute atomic E-state index is 0.172. The van der Waals surface area contributed by atoms with Gasteiger partial charge in [-0.1, -0.05) is 64.6 Å². The molecule has 0 aliphatic carbocycles. The van der Waals surface area contributed by atoms with Crippen molar-refractivity contribution in [2.75, 3.05) is 0 Å². The van der Waals surface area contributed by atoms with Gasteiger partial charge in [0.15, 0.2) is 0 Å². The first-order valence-electron chi connectivity index (χ1n) is 7.28. The van der Waals surface area contributed by atoms with E-state index in [2.05, 4.69) is 11.1 Å². The van der Waals surface area contributed by atoms with E-state index in [9.17, 15) is 0 Å². The molecule has 0 aliphatic heterocycles. The second-order valence-corrected chi connectivity index (χ2v) is 6.86. The number of hydrogen-bond donors (Lipinski definition) is 0. The van der Waals surface area contributed by atoms with Gasteiger partial charge in [0.1, 0.15) is 0 Å². The monoisotopic (exact) mass is 406 g/mol. The number of pyridine rings is 1. The first-order valence-corrected chi connectivity index (χ1v) is 8.79. The van der Waals surface area contributed by atoms with Crippen LogP contribution in [0.1, 0.15) is 5.69 Å². The summed E-state index contributed by atoms with van der Waals surface area (Å²) in [5, 5.41) is 10.9. The van der Waals surface area contributed by atoms with E-state index in [-0.39, 0.29) is 6.42 Å². The third kappa shape index (κ3) is 3.61. The molecule has 0 radical (unpaired) electrons. The summed E-state index contributed by atoms with van der Waals surface area (Å²) in [6.45, 7) is 0. The summed E-state index contributed by atoms with van der Waals surface area (Å²) < 4.78 is 0. The molecule has 124 valence electrons. The zero-order valence-electron chi connectivity index (χ0n) is 12.7. The van der Waals surface area contributed by atoms with Crippen LogP contribution in [-0.2, 0) is 6.42 Å². The molecule has 3 aromatic rings. The number of rotatable bonds is 3. The lowest BCUT2D eigenvalue weighted by Crippen LogP contribution is -1.97. The summed E-state index contributed by atoms with van der Waals surface area (Å²) in [7, 11) is 0. The predicted octanol–water partition coefficient (Wildman–Crippen LogP) is 7.10. The van der Waals surface area contributed by atoms with Crippen molar-refractivity contribution in [2.24, 2.45) is 0 Å². The molecule has 3 rings (SSSR count). The summed E-state index contributed by atoms with van der Waals surface area (Å²) >= 11 is 25.5. The molecule has 6 heteroatoms. The van der Waals surface area contributed by atoms with Crippen LogP contribution in [0.5, 0.6) is 0 Å². The Hall–Kier alpha value is -1.76. The van der Waals surface area contributed by atoms with Crippen LogP contribution in [0.3, 0.4) is 0 Å². The lowest BCUT2D eigenvalue weighted by Gasteiger charge is -2.15. The van der Waals surface area contributed by atoms with Crippen LogP contribution in [0.25, 0.3) is 22.4 Å². The fourth-order valence-electron chi connectivity index (χ4n) is 2.55. The Morgan fingerprint density at radius 3 is 1.80 bits per heavy atom. The van der Waals surface area contributed by atoms with E-state index >= 15 is 0 Å². The summed E-state index contributed by atoms with van der Waals surface area (Å²) in [5.41, 5.74) is 3.08. The van der Waals surface area contributed by atoms with Gasteiger partial charge >= 0.3 is 0 Å². The van der Waals surface area contributed by atoms with E-state index in [0.717, 1.165) is 0 Å². The van der Waals surface area contributed by atoms with Gasteiger partial charge in [-0.2, -0.15) is 5.26 Å². The van der Waals surface area contributed by atoms with Crippen molar-refractivity contribution in [1.82, 2.24) is 4.98 Å². The van der Waals surface area contributed by atoms with E-state index < -0.39 is 0 Å². The molecular weight excluding hydrogens is 398 g/mol. The lowest BCUT2D eigenvalue weighted by atomic mass is 9.98. The second-order valence-electron chi connectivity index (χ2n) is 5.23. The average Bonchev–Trinajstić information content (AvgIpc) is 2.56. The molecule has 25 heavy (non-hydrogen) atoms. The number of nitrogens with zero attached hydrogens (tertiary/aromatic N) is 2. The molecule has 1 heterocycles. The van der Waals surface area contributed by atoms with Crippen LogP contribution in [0.2, 0.25) is 20.1 Å². The van der Waals surface area contributed by atoms with Crippen molar-refractivity contribution in [3.8, 4) is 28.5 Å². The van der Waals surface area contributed by atoms with Crippen molar-refractivity contribution < 1.29 is 0 Å². The minimum atomic E-state index is 0.172. The second kappa shape index (κ2) is 7.64. The Labute approximate surface area is 165 Å². The first kappa shape index (κ1) is 18.0. The average molecular weight is 408 g/mol. The normalized spacial score (nSPS) is 10.5. The van der Waals surface area contributed by atoms with E-state index in [1.54, 1.807) is 42.5 Å². The van der Waals surface area contributed by atoms with Gasteiger partial charge in [-0.25, -0.2) is 0 Å². The maximum absolute atomic E-state index is 8.98. The Bertz CT molecular complexity index is 953. The highest BCUT2D eigenvalue weighted by Gasteiger charge is 2.19. The molecule has 0 fully saturated rings. The van der Waals surface area contributed by atoms with Gasteiger partial charge in [0.2, 0.25) is 0 Å². The van der Waals surface area contributed by atoms with Crippen molar-refractivity contribution in [2.45, 2.75) is 6.42 Å². The SMILES string of the molecule is N#CCc1ccc(-c2c(Cl)cccc2Cl)c(-c2c(Cl)cccc2Cl)n1. The topological polar surface area (TPSA) is 36.7 Å². The molecule has 0 spiro atoms. The molecule has 1 aromatic heterocycles. The Balaban J connectivity index is 2.36. The van der Waals surface area contributed by atoms with Crippen LogP contribution in [0, 0.1) is 11.3 Å². The molecule has 2 nitrogen and oxygen atoms in total. The van der Waals surface area contributed by atoms with Gasteiger partial charge in [-0.3, -0.25) is 4.98 Å². The molecule has 0 bridgehead atoms. The highest BCUT2D eigenvalue weighted by Crippen LogP contribution is 2.43. The summed E-state index contributed by atoms with van der Waals surface area (Å²) in [5.74, 6) is 0. The Kier molecular flexibility index (Phi) is 5.51. The largest absolute Gasteiger partial charge is 0.251 e. The fraction of sp³-hybridized carbons (Fsp3) is 0.0526. The minimum Gasteiger partial charge on any atom is -0.251 e. The Morgan fingerprint density at radius 1 is 0.760 bits per heavy atom. The van der Waals surface area contributed by atoms with Gasteiger partial charge < -0.3 is 0 Å². The number of nitriles is 1. The van der Waals surface area contributed by atoms with E-state index in [1.165, 1.54) is 0 Å². The number of halogens is 4. The van der Waals surface area contributed by atoms with E-state index in [1.807, 2.05) is 6.07 Å². The standard InChI is InChI=1S/C19H10Cl4N2/c20-13-3-1-4-14(21)17(13)12-8-7-11(9-10-24)25-19(12)18-15(22)5-2-6-16(18)23/h1-8H,9H2. The molecule has 0 N–H and O–H groups in total. The van der Waals surface area contributed by atoms with Crippen molar-refractivity contribution in [1.29, 1.82) is 5.26 Å². The molecule has 0 saturated carbocycles. The predicted molar refractivity (Wildman–Crippen MR) is 104 cm³/mol. The van der Waals surface area contributed by atoms with E-state index in [4.69, 9.17) is 51.7 Å². The smallest absolute Gasteiger partial charge is 0.0815 e.